The van der Waals surface area contributed by atoms with Crippen LogP contribution in [-0.2, 0) is 11.2 Å². The fourth-order valence-corrected chi connectivity index (χ4v) is 8.45. The van der Waals surface area contributed by atoms with Gasteiger partial charge in [0.15, 0.2) is 0 Å². The second-order valence-electron chi connectivity index (χ2n) is 13.1. The summed E-state index contributed by atoms with van der Waals surface area (Å²) in [6.07, 6.45) is 8.44. The van der Waals surface area contributed by atoms with Gasteiger partial charge in [-0.3, -0.25) is 9.59 Å². The molecule has 2 fully saturated rings. The van der Waals surface area contributed by atoms with Gasteiger partial charge in [-0.25, -0.2) is 0 Å². The van der Waals surface area contributed by atoms with Gasteiger partial charge in [-0.2, -0.15) is 0 Å². The molecule has 1 aromatic heterocycles. The van der Waals surface area contributed by atoms with Crippen LogP contribution in [0.4, 0.5) is 0 Å². The number of benzene rings is 1. The number of ketones is 1. The van der Waals surface area contributed by atoms with Crippen LogP contribution in [0.1, 0.15) is 102 Å². The molecule has 3 aliphatic carbocycles. The van der Waals surface area contributed by atoms with Gasteiger partial charge in [-0.15, -0.1) is 11.3 Å². The van der Waals surface area contributed by atoms with E-state index in [0.29, 0.717) is 31.4 Å². The van der Waals surface area contributed by atoms with Crippen LogP contribution in [0.15, 0.2) is 42.0 Å². The highest BCUT2D eigenvalue weighted by Gasteiger charge is 2.57. The van der Waals surface area contributed by atoms with Crippen molar-refractivity contribution in [1.82, 2.24) is 4.90 Å². The molecule has 41 heavy (non-hydrogen) atoms. The van der Waals surface area contributed by atoms with Crippen molar-refractivity contribution in [2.24, 2.45) is 17.1 Å². The number of hydrogen-bond donors (Lipinski definition) is 3. The van der Waals surface area contributed by atoms with Crippen LogP contribution in [-0.4, -0.2) is 58.1 Å². The van der Waals surface area contributed by atoms with E-state index in [2.05, 4.69) is 37.0 Å². The van der Waals surface area contributed by atoms with E-state index >= 15 is 0 Å². The second kappa shape index (κ2) is 12.1. The first-order valence-electron chi connectivity index (χ1n) is 15.3. The maximum Gasteiger partial charge on any atom is 0.220 e. The predicted molar refractivity (Wildman–Crippen MR) is 164 cm³/mol. The van der Waals surface area contributed by atoms with E-state index in [-0.39, 0.29) is 23.5 Å². The standard InChI is InChI=1S/C34H46N2O4S/c1-22-5-4-15-33(3)29(12-16-34(33,40)21-36-17-13-25(14-18-36)32(35)39)27-10-8-24(19-26(37)9-6-22)20-28(27)31(38)30-11-7-23(2)41-30/h5,7-8,10-11,20,25-26,29,37,40H,4,6,9,12-19,21H2,1-3H3,(H2,35,39). The molecule has 6 nitrogen and oxygen atoms in total. The normalized spacial score (nSPS) is 30.0. The summed E-state index contributed by atoms with van der Waals surface area (Å²) in [7, 11) is 0. The zero-order valence-corrected chi connectivity index (χ0v) is 25.6. The first kappa shape index (κ1) is 30.1. The highest BCUT2D eigenvalue weighted by Crippen LogP contribution is 2.59. The molecule has 2 aromatic rings. The highest BCUT2D eigenvalue weighted by molar-refractivity contribution is 7.14. The van der Waals surface area contributed by atoms with Gasteiger partial charge in [0.25, 0.3) is 0 Å². The van der Waals surface area contributed by atoms with E-state index in [4.69, 9.17) is 5.73 Å². The summed E-state index contributed by atoms with van der Waals surface area (Å²) in [6.45, 7) is 8.46. The molecule has 1 aliphatic heterocycles. The average molecular weight is 579 g/mol. The Labute approximate surface area is 248 Å². The minimum Gasteiger partial charge on any atom is -0.393 e. The molecule has 1 amide bonds. The molecule has 1 saturated carbocycles. The molecule has 2 heterocycles. The predicted octanol–water partition coefficient (Wildman–Crippen LogP) is 5.52. The Kier molecular flexibility index (Phi) is 8.91. The van der Waals surface area contributed by atoms with Crippen LogP contribution in [0.3, 0.4) is 0 Å². The van der Waals surface area contributed by atoms with Gasteiger partial charge in [0.05, 0.1) is 16.6 Å². The van der Waals surface area contributed by atoms with E-state index in [9.17, 15) is 19.8 Å². The number of fused-ring (bicyclic) bond motifs is 8. The Hall–Kier alpha value is -2.32. The lowest BCUT2D eigenvalue weighted by Crippen LogP contribution is -2.54. The lowest BCUT2D eigenvalue weighted by molar-refractivity contribution is -0.124. The third kappa shape index (κ3) is 6.24. The molecule has 4 N–H and O–H groups in total. The van der Waals surface area contributed by atoms with Crippen LogP contribution in [0, 0.1) is 18.3 Å². The number of rotatable bonds is 5. The summed E-state index contributed by atoms with van der Waals surface area (Å²) in [6, 6.07) is 10.1. The van der Waals surface area contributed by atoms with Gasteiger partial charge in [0, 0.05) is 28.3 Å². The monoisotopic (exact) mass is 578 g/mol. The number of β-amino-alcohol motifs (C(OH)–C–C–N with tert-alkyl or cyclic N) is 1. The van der Waals surface area contributed by atoms with Gasteiger partial charge in [-0.1, -0.05) is 30.7 Å². The Bertz CT molecular complexity index is 1310. The van der Waals surface area contributed by atoms with Gasteiger partial charge in [-0.05, 0) is 120 Å². The lowest BCUT2D eigenvalue weighted by Gasteiger charge is -2.47. The molecule has 6 rings (SSSR count). The summed E-state index contributed by atoms with van der Waals surface area (Å²) in [5.41, 5.74) is 8.18. The fraction of sp³-hybridized carbons (Fsp3) is 0.588. The van der Waals surface area contributed by atoms with E-state index < -0.39 is 17.1 Å². The molecule has 1 saturated heterocycles. The lowest BCUT2D eigenvalue weighted by atomic mass is 9.64. The SMILES string of the molecule is CC1=CCCC2(C)C(CCC2(O)CN2CCC(C(N)=O)CC2)c2ccc(cc2C(=O)c2ccc(C)s2)CC(O)CC1. The Morgan fingerprint density at radius 3 is 2.51 bits per heavy atom. The molecule has 222 valence electrons. The number of carbonyl (C=O) groups excluding carboxylic acids is 2. The van der Waals surface area contributed by atoms with Crippen LogP contribution in [0.25, 0.3) is 0 Å². The summed E-state index contributed by atoms with van der Waals surface area (Å²) in [4.78, 5) is 29.9. The fourth-order valence-electron chi connectivity index (χ4n) is 7.63. The van der Waals surface area contributed by atoms with Crippen LogP contribution in [0.5, 0.6) is 0 Å². The minimum absolute atomic E-state index is 0.0197. The maximum atomic E-state index is 14.0. The van der Waals surface area contributed by atoms with Crippen molar-refractivity contribution < 1.29 is 19.8 Å². The second-order valence-corrected chi connectivity index (χ2v) is 14.4. The quantitative estimate of drug-likeness (QED) is 0.320. The highest BCUT2D eigenvalue weighted by atomic mass is 32.1. The van der Waals surface area contributed by atoms with Gasteiger partial charge in [0.2, 0.25) is 11.7 Å². The average Bonchev–Trinajstić information content (AvgIpc) is 3.48. The van der Waals surface area contributed by atoms with Crippen LogP contribution < -0.4 is 5.73 Å². The number of allylic oxidation sites excluding steroid dienone is 2. The smallest absolute Gasteiger partial charge is 0.220 e. The van der Waals surface area contributed by atoms with Crippen molar-refractivity contribution in [3.05, 3.63) is 68.4 Å². The molecule has 4 unspecified atom stereocenters. The Morgan fingerprint density at radius 1 is 1.07 bits per heavy atom. The van der Waals surface area contributed by atoms with Gasteiger partial charge < -0.3 is 20.8 Å². The topological polar surface area (TPSA) is 104 Å². The number of aliphatic hydroxyl groups is 2. The number of piperidine rings is 1. The summed E-state index contributed by atoms with van der Waals surface area (Å²) < 4.78 is 0. The summed E-state index contributed by atoms with van der Waals surface area (Å²) in [5.74, 6) is -0.254. The minimum atomic E-state index is -0.926. The zero-order valence-electron chi connectivity index (χ0n) is 24.8. The Balaban J connectivity index is 1.54. The molecule has 0 radical (unpaired) electrons. The summed E-state index contributed by atoms with van der Waals surface area (Å²) in [5, 5.41) is 23.3. The molecule has 1 aromatic carbocycles. The number of amides is 1. The molecule has 7 heteroatoms. The van der Waals surface area contributed by atoms with Crippen molar-refractivity contribution in [3.63, 3.8) is 0 Å². The number of carbonyl (C=O) groups is 2. The van der Waals surface area contributed by atoms with E-state index in [1.54, 1.807) is 0 Å². The van der Waals surface area contributed by atoms with Gasteiger partial charge in [0.1, 0.15) is 0 Å². The number of nitrogens with zero attached hydrogens (tertiary/aromatic N) is 1. The number of aryl methyl sites for hydroxylation is 1. The van der Waals surface area contributed by atoms with E-state index in [0.717, 1.165) is 72.5 Å². The third-order valence-corrected chi connectivity index (χ3v) is 11.4. The molecule has 2 bridgehead atoms. The van der Waals surface area contributed by atoms with Crippen molar-refractivity contribution in [1.29, 1.82) is 0 Å². The third-order valence-electron chi connectivity index (χ3n) is 10.4. The van der Waals surface area contributed by atoms with Crippen LogP contribution >= 0.6 is 11.3 Å². The van der Waals surface area contributed by atoms with Crippen molar-refractivity contribution in [2.75, 3.05) is 19.6 Å². The number of likely N-dealkylation sites (tertiary alicyclic amines) is 1. The number of hydrogen-bond acceptors (Lipinski definition) is 6. The molecule has 4 aliphatic rings. The number of thiophene rings is 1. The molecule has 4 atom stereocenters. The zero-order chi connectivity index (χ0) is 29.4. The molecule has 0 spiro atoms. The van der Waals surface area contributed by atoms with Crippen molar-refractivity contribution in [3.8, 4) is 0 Å². The van der Waals surface area contributed by atoms with E-state index in [1.165, 1.54) is 16.9 Å². The van der Waals surface area contributed by atoms with E-state index in [1.807, 2.05) is 25.1 Å². The first-order chi connectivity index (χ1) is 19.5. The largest absolute Gasteiger partial charge is 0.393 e. The summed E-state index contributed by atoms with van der Waals surface area (Å²) >= 11 is 1.52. The van der Waals surface area contributed by atoms with Crippen molar-refractivity contribution in [2.45, 2.75) is 96.2 Å². The first-order valence-corrected chi connectivity index (χ1v) is 16.1. The van der Waals surface area contributed by atoms with Crippen molar-refractivity contribution >= 4 is 23.0 Å². The number of nitrogens with two attached hydrogens (primary N) is 1. The number of primary amides is 1. The van der Waals surface area contributed by atoms with Crippen LogP contribution in [0.2, 0.25) is 0 Å². The Morgan fingerprint density at radius 2 is 1.83 bits per heavy atom. The maximum absolute atomic E-state index is 14.0. The molecular formula is C34H46N2O4S. The van der Waals surface area contributed by atoms with Gasteiger partial charge >= 0.3 is 0 Å². The number of aliphatic hydroxyl groups excluding tert-OH is 1. The molecular weight excluding hydrogens is 532 g/mol.